The number of thiocarbonyl (C=S) groups is 1. The summed E-state index contributed by atoms with van der Waals surface area (Å²) in [5.74, 6) is 0. The SMILES string of the molecule is CC/C(=N\NC(N)=S)c1cccc(C(F)(F)F)c1. The number of benzene rings is 1. The van der Waals surface area contributed by atoms with Crippen LogP contribution in [-0.4, -0.2) is 10.8 Å². The molecule has 0 unspecified atom stereocenters. The highest BCUT2D eigenvalue weighted by atomic mass is 32.1. The van der Waals surface area contributed by atoms with E-state index < -0.39 is 11.7 Å². The summed E-state index contributed by atoms with van der Waals surface area (Å²) in [6.45, 7) is 1.78. The molecule has 1 aromatic carbocycles. The maximum Gasteiger partial charge on any atom is 0.416 e. The maximum absolute atomic E-state index is 12.6. The van der Waals surface area contributed by atoms with Crippen LogP contribution in [0.3, 0.4) is 0 Å². The standard InChI is InChI=1S/C11H12F3N3S/c1-2-9(16-17-10(15)18)7-4-3-5-8(6-7)11(12,13)14/h3-6H,2H2,1H3,(H3,15,17,18)/b16-9+. The number of alkyl halides is 3. The minimum atomic E-state index is -4.37. The number of hydrazone groups is 1. The summed E-state index contributed by atoms with van der Waals surface area (Å²) in [7, 11) is 0. The smallest absolute Gasteiger partial charge is 0.375 e. The molecule has 0 spiro atoms. The highest BCUT2D eigenvalue weighted by molar-refractivity contribution is 7.80. The second kappa shape index (κ2) is 5.81. The van der Waals surface area contributed by atoms with Crippen molar-refractivity contribution >= 4 is 23.0 Å². The van der Waals surface area contributed by atoms with E-state index in [0.29, 0.717) is 17.7 Å². The van der Waals surface area contributed by atoms with Crippen LogP contribution in [0, 0.1) is 0 Å². The molecule has 0 radical (unpaired) electrons. The first-order chi connectivity index (χ1) is 8.34. The molecule has 0 aliphatic carbocycles. The fourth-order valence-electron chi connectivity index (χ4n) is 1.35. The first kappa shape index (κ1) is 14.4. The van der Waals surface area contributed by atoms with Gasteiger partial charge in [-0.2, -0.15) is 18.3 Å². The molecule has 0 aromatic heterocycles. The molecule has 0 bridgehead atoms. The summed E-state index contributed by atoms with van der Waals surface area (Å²) in [5.41, 5.74) is 7.70. The van der Waals surface area contributed by atoms with Crippen molar-refractivity contribution < 1.29 is 13.2 Å². The van der Waals surface area contributed by atoms with Crippen molar-refractivity contribution in [3.63, 3.8) is 0 Å². The Morgan fingerprint density at radius 3 is 2.61 bits per heavy atom. The van der Waals surface area contributed by atoms with Crippen molar-refractivity contribution in [2.24, 2.45) is 10.8 Å². The molecule has 0 aliphatic heterocycles. The van der Waals surface area contributed by atoms with Gasteiger partial charge in [0.25, 0.3) is 0 Å². The molecule has 1 aromatic rings. The Kier molecular flexibility index (Phi) is 4.66. The van der Waals surface area contributed by atoms with E-state index in [1.54, 1.807) is 13.0 Å². The average Bonchev–Trinajstić information content (AvgIpc) is 2.29. The van der Waals surface area contributed by atoms with Gasteiger partial charge in [0, 0.05) is 0 Å². The van der Waals surface area contributed by atoms with Gasteiger partial charge in [0.15, 0.2) is 5.11 Å². The van der Waals surface area contributed by atoms with E-state index >= 15 is 0 Å². The van der Waals surface area contributed by atoms with Crippen molar-refractivity contribution in [2.75, 3.05) is 0 Å². The first-order valence-corrected chi connectivity index (χ1v) is 5.55. The largest absolute Gasteiger partial charge is 0.416 e. The molecule has 0 amide bonds. The predicted molar refractivity (Wildman–Crippen MR) is 68.2 cm³/mol. The van der Waals surface area contributed by atoms with Crippen LogP contribution < -0.4 is 11.2 Å². The van der Waals surface area contributed by atoms with Crippen molar-refractivity contribution in [3.8, 4) is 0 Å². The Bertz CT molecular complexity index is 469. The van der Waals surface area contributed by atoms with E-state index in [9.17, 15) is 13.2 Å². The quantitative estimate of drug-likeness (QED) is 0.506. The van der Waals surface area contributed by atoms with Gasteiger partial charge >= 0.3 is 6.18 Å². The van der Waals surface area contributed by atoms with Gasteiger partial charge in [-0.05, 0) is 36.3 Å². The van der Waals surface area contributed by atoms with Gasteiger partial charge in [-0.3, -0.25) is 5.43 Å². The third-order valence-electron chi connectivity index (χ3n) is 2.16. The van der Waals surface area contributed by atoms with Crippen LogP contribution in [0.25, 0.3) is 0 Å². The zero-order chi connectivity index (χ0) is 13.8. The Hall–Kier alpha value is -1.63. The number of nitrogens with two attached hydrogens (primary N) is 1. The molecule has 0 heterocycles. The lowest BCUT2D eigenvalue weighted by Crippen LogP contribution is -2.25. The Labute approximate surface area is 108 Å². The summed E-state index contributed by atoms with van der Waals surface area (Å²) in [6, 6.07) is 4.95. The number of rotatable bonds is 3. The Morgan fingerprint density at radius 1 is 1.44 bits per heavy atom. The number of halogens is 3. The maximum atomic E-state index is 12.6. The number of nitrogens with one attached hydrogen (secondary N) is 1. The molecule has 3 nitrogen and oxygen atoms in total. The van der Waals surface area contributed by atoms with Crippen LogP contribution in [0.15, 0.2) is 29.4 Å². The van der Waals surface area contributed by atoms with Crippen LogP contribution >= 0.6 is 12.2 Å². The van der Waals surface area contributed by atoms with E-state index in [4.69, 9.17) is 5.73 Å². The lowest BCUT2D eigenvalue weighted by atomic mass is 10.0. The summed E-state index contributed by atoms with van der Waals surface area (Å²) < 4.78 is 37.7. The molecule has 0 saturated heterocycles. The summed E-state index contributed by atoms with van der Waals surface area (Å²) in [4.78, 5) is 0. The first-order valence-electron chi connectivity index (χ1n) is 5.14. The molecule has 0 fully saturated rings. The highest BCUT2D eigenvalue weighted by Crippen LogP contribution is 2.29. The van der Waals surface area contributed by atoms with Crippen LogP contribution in [0.5, 0.6) is 0 Å². The fraction of sp³-hybridized carbons (Fsp3) is 0.273. The minimum absolute atomic E-state index is 0.0343. The normalized spacial score (nSPS) is 12.3. The summed E-state index contributed by atoms with van der Waals surface area (Å²) >= 11 is 4.58. The van der Waals surface area contributed by atoms with E-state index in [-0.39, 0.29) is 5.11 Å². The number of hydrogen-bond donors (Lipinski definition) is 2. The van der Waals surface area contributed by atoms with Gasteiger partial charge in [0.2, 0.25) is 0 Å². The number of hydrogen-bond acceptors (Lipinski definition) is 2. The third kappa shape index (κ3) is 3.99. The topological polar surface area (TPSA) is 50.4 Å². The average molecular weight is 275 g/mol. The molecule has 1 rings (SSSR count). The van der Waals surface area contributed by atoms with Gasteiger partial charge in [-0.15, -0.1) is 0 Å². The van der Waals surface area contributed by atoms with E-state index in [1.165, 1.54) is 6.07 Å². The number of nitrogens with zero attached hydrogens (tertiary/aromatic N) is 1. The minimum Gasteiger partial charge on any atom is -0.375 e. The van der Waals surface area contributed by atoms with Gasteiger partial charge in [-0.1, -0.05) is 19.1 Å². The van der Waals surface area contributed by atoms with Crippen LogP contribution in [-0.2, 0) is 6.18 Å². The third-order valence-corrected chi connectivity index (χ3v) is 2.25. The van der Waals surface area contributed by atoms with E-state index in [0.717, 1.165) is 12.1 Å². The Morgan fingerprint density at radius 2 is 2.11 bits per heavy atom. The van der Waals surface area contributed by atoms with Crippen molar-refractivity contribution in [2.45, 2.75) is 19.5 Å². The predicted octanol–water partition coefficient (Wildman–Crippen LogP) is 2.65. The fourth-order valence-corrected chi connectivity index (χ4v) is 1.39. The zero-order valence-electron chi connectivity index (χ0n) is 9.58. The Balaban J connectivity index is 3.07. The van der Waals surface area contributed by atoms with Crippen LogP contribution in [0.4, 0.5) is 13.2 Å². The molecular formula is C11H12F3N3S. The summed E-state index contributed by atoms with van der Waals surface area (Å²) in [5, 5.41) is 3.83. The molecule has 7 heteroatoms. The van der Waals surface area contributed by atoms with Gasteiger partial charge < -0.3 is 5.73 Å². The van der Waals surface area contributed by atoms with Crippen LogP contribution in [0.2, 0.25) is 0 Å². The van der Waals surface area contributed by atoms with Crippen molar-refractivity contribution in [1.29, 1.82) is 0 Å². The van der Waals surface area contributed by atoms with Gasteiger partial charge in [0.05, 0.1) is 11.3 Å². The van der Waals surface area contributed by atoms with E-state index in [2.05, 4.69) is 22.7 Å². The second-order valence-electron chi connectivity index (χ2n) is 3.47. The molecular weight excluding hydrogens is 263 g/mol. The molecule has 0 saturated carbocycles. The van der Waals surface area contributed by atoms with Crippen LogP contribution in [0.1, 0.15) is 24.5 Å². The van der Waals surface area contributed by atoms with Crippen molar-refractivity contribution in [3.05, 3.63) is 35.4 Å². The van der Waals surface area contributed by atoms with Gasteiger partial charge in [0.1, 0.15) is 0 Å². The zero-order valence-corrected chi connectivity index (χ0v) is 10.4. The lowest BCUT2D eigenvalue weighted by Gasteiger charge is -2.09. The monoisotopic (exact) mass is 275 g/mol. The second-order valence-corrected chi connectivity index (χ2v) is 3.91. The molecule has 18 heavy (non-hydrogen) atoms. The highest BCUT2D eigenvalue weighted by Gasteiger charge is 2.30. The molecule has 3 N–H and O–H groups in total. The van der Waals surface area contributed by atoms with Gasteiger partial charge in [-0.25, -0.2) is 0 Å². The lowest BCUT2D eigenvalue weighted by molar-refractivity contribution is -0.137. The van der Waals surface area contributed by atoms with E-state index in [1.807, 2.05) is 0 Å². The molecule has 0 atom stereocenters. The molecule has 98 valence electrons. The summed E-state index contributed by atoms with van der Waals surface area (Å²) in [6.07, 6.45) is -3.91. The molecule has 0 aliphatic rings. The van der Waals surface area contributed by atoms with Crippen molar-refractivity contribution in [1.82, 2.24) is 5.43 Å².